The minimum atomic E-state index is 0.154. The van der Waals surface area contributed by atoms with Gasteiger partial charge in [0.05, 0.1) is 6.10 Å². The smallest absolute Gasteiger partial charge is 0.254 e. The molecular weight excluding hydrogens is 218 g/mol. The number of carbonyl (C=O) groups is 2. The fraction of sp³-hybridized carbons (Fsp3) is 0.385. The third-order valence-corrected chi connectivity index (χ3v) is 3.11. The van der Waals surface area contributed by atoms with Gasteiger partial charge in [0, 0.05) is 25.3 Å². The molecule has 3 rings (SSSR count). The molecule has 90 valence electrons. The second kappa shape index (κ2) is 5.10. The lowest BCUT2D eigenvalue weighted by atomic mass is 10.1. The molecule has 0 aliphatic carbocycles. The lowest BCUT2D eigenvalue weighted by Gasteiger charge is -2.30. The van der Waals surface area contributed by atoms with Crippen LogP contribution in [-0.2, 0) is 16.1 Å². The number of ether oxygens (including phenoxy) is 1. The van der Waals surface area contributed by atoms with E-state index in [-0.39, 0.29) is 12.0 Å². The molecule has 2 heterocycles. The molecule has 0 bridgehead atoms. The molecule has 1 amide bonds. The Morgan fingerprint density at radius 3 is 2.65 bits per heavy atom. The van der Waals surface area contributed by atoms with Crippen LogP contribution in [-0.4, -0.2) is 36.9 Å². The predicted molar refractivity (Wildman–Crippen MR) is 62.7 cm³/mol. The minimum absolute atomic E-state index is 0.154. The highest BCUT2D eigenvalue weighted by Gasteiger charge is 2.30. The molecule has 2 aliphatic heterocycles. The number of hydrogen-bond acceptors (Lipinski definition) is 3. The number of carbonyl (C=O) groups excluding carboxylic acids is 2. The molecule has 1 unspecified atom stereocenters. The van der Waals surface area contributed by atoms with Gasteiger partial charge in [-0.1, -0.05) is 18.2 Å². The van der Waals surface area contributed by atoms with E-state index in [4.69, 9.17) is 9.53 Å². The summed E-state index contributed by atoms with van der Waals surface area (Å²) >= 11 is 0. The Morgan fingerprint density at radius 2 is 2.06 bits per heavy atom. The molecule has 0 radical (unpaired) electrons. The van der Waals surface area contributed by atoms with E-state index in [0.717, 1.165) is 37.2 Å². The molecule has 0 N–H and O–H groups in total. The summed E-state index contributed by atoms with van der Waals surface area (Å²) in [5, 5.41) is 0. The fourth-order valence-electron chi connectivity index (χ4n) is 2.14. The maximum atomic E-state index is 11.9. The predicted octanol–water partition coefficient (Wildman–Crippen LogP) is 1.25. The van der Waals surface area contributed by atoms with Crippen molar-refractivity contribution in [2.75, 3.05) is 13.2 Å². The van der Waals surface area contributed by atoms with Crippen LogP contribution in [0.3, 0.4) is 0 Å². The van der Waals surface area contributed by atoms with E-state index < -0.39 is 0 Å². The summed E-state index contributed by atoms with van der Waals surface area (Å²) in [6, 6.07) is 7.82. The summed E-state index contributed by atoms with van der Waals surface area (Å²) in [6.45, 7) is 4.34. The van der Waals surface area contributed by atoms with Gasteiger partial charge in [0.15, 0.2) is 0 Å². The highest BCUT2D eigenvalue weighted by atomic mass is 16.5. The van der Waals surface area contributed by atoms with Gasteiger partial charge in [-0.3, -0.25) is 4.79 Å². The van der Waals surface area contributed by atoms with Crippen molar-refractivity contribution in [3.05, 3.63) is 35.4 Å². The van der Waals surface area contributed by atoms with Crippen molar-refractivity contribution in [2.45, 2.75) is 19.1 Å². The first-order chi connectivity index (χ1) is 8.34. The Bertz CT molecular complexity index is 415. The van der Waals surface area contributed by atoms with Crippen molar-refractivity contribution < 1.29 is 14.3 Å². The van der Waals surface area contributed by atoms with Gasteiger partial charge in [0.2, 0.25) is 0 Å². The number of benzene rings is 1. The van der Waals surface area contributed by atoms with Crippen LogP contribution in [0.25, 0.3) is 0 Å². The van der Waals surface area contributed by atoms with E-state index in [0.29, 0.717) is 0 Å². The van der Waals surface area contributed by atoms with E-state index in [1.807, 2.05) is 36.0 Å². The molecule has 17 heavy (non-hydrogen) atoms. The Balaban J connectivity index is 0.000000514. The second-order valence-corrected chi connectivity index (χ2v) is 4.12. The maximum absolute atomic E-state index is 11.9. The molecule has 0 aromatic heterocycles. The fourth-order valence-corrected chi connectivity index (χ4v) is 2.14. The molecule has 1 atom stereocenters. The first-order valence-electron chi connectivity index (χ1n) is 5.62. The van der Waals surface area contributed by atoms with E-state index in [1.54, 1.807) is 0 Å². The summed E-state index contributed by atoms with van der Waals surface area (Å²) in [4.78, 5) is 21.8. The van der Waals surface area contributed by atoms with Crippen LogP contribution in [0.15, 0.2) is 24.3 Å². The van der Waals surface area contributed by atoms with E-state index in [9.17, 15) is 4.79 Å². The van der Waals surface area contributed by atoms with Crippen LogP contribution in [0.5, 0.6) is 0 Å². The molecule has 4 nitrogen and oxygen atoms in total. The zero-order chi connectivity index (χ0) is 12.3. The van der Waals surface area contributed by atoms with Crippen molar-refractivity contribution in [1.29, 1.82) is 0 Å². The Kier molecular flexibility index (Phi) is 3.54. The first-order valence-corrected chi connectivity index (χ1v) is 5.62. The average Bonchev–Trinajstić information content (AvgIpc) is 2.64. The van der Waals surface area contributed by atoms with Crippen molar-refractivity contribution in [3.8, 4) is 0 Å². The molecule has 1 aromatic rings. The highest BCUT2D eigenvalue weighted by molar-refractivity contribution is 5.98. The van der Waals surface area contributed by atoms with Gasteiger partial charge < -0.3 is 14.4 Å². The van der Waals surface area contributed by atoms with Crippen LogP contribution < -0.4 is 0 Å². The van der Waals surface area contributed by atoms with Gasteiger partial charge >= 0.3 is 0 Å². The topological polar surface area (TPSA) is 46.6 Å². The van der Waals surface area contributed by atoms with Crippen molar-refractivity contribution in [3.63, 3.8) is 0 Å². The number of fused-ring (bicyclic) bond motifs is 1. The highest BCUT2D eigenvalue weighted by Crippen LogP contribution is 2.24. The van der Waals surface area contributed by atoms with Crippen molar-refractivity contribution in [2.24, 2.45) is 0 Å². The zero-order valence-electron chi connectivity index (χ0n) is 9.59. The molecule has 4 heteroatoms. The zero-order valence-corrected chi connectivity index (χ0v) is 9.59. The van der Waals surface area contributed by atoms with E-state index >= 15 is 0 Å². The minimum Gasteiger partial charge on any atom is -0.376 e. The van der Waals surface area contributed by atoms with E-state index in [2.05, 4.69) is 0 Å². The van der Waals surface area contributed by atoms with Gasteiger partial charge in [-0.15, -0.1) is 0 Å². The second-order valence-electron chi connectivity index (χ2n) is 4.12. The van der Waals surface area contributed by atoms with Crippen LogP contribution in [0.1, 0.15) is 22.3 Å². The van der Waals surface area contributed by atoms with E-state index in [1.165, 1.54) is 0 Å². The standard InChI is InChI=1S/C12H13NO2.CH2O/c14-12-11-4-2-1-3-9(11)7-13(12)8-10-5-6-15-10;1-2/h1-4,10H,5-8H2;1H2. The maximum Gasteiger partial charge on any atom is 0.254 e. The van der Waals surface area contributed by atoms with Crippen LogP contribution in [0, 0.1) is 0 Å². The van der Waals surface area contributed by atoms with Gasteiger partial charge in [-0.2, -0.15) is 0 Å². The molecular formula is C13H15NO3. The van der Waals surface area contributed by atoms with Crippen LogP contribution >= 0.6 is 0 Å². The summed E-state index contributed by atoms with van der Waals surface area (Å²) in [5.41, 5.74) is 2.00. The Hall–Kier alpha value is -1.68. The van der Waals surface area contributed by atoms with Gasteiger partial charge in [-0.05, 0) is 18.1 Å². The normalized spacial score (nSPS) is 21.3. The van der Waals surface area contributed by atoms with Crippen molar-refractivity contribution in [1.82, 2.24) is 4.90 Å². The van der Waals surface area contributed by atoms with Crippen LogP contribution in [0.2, 0.25) is 0 Å². The van der Waals surface area contributed by atoms with Gasteiger partial charge in [-0.25, -0.2) is 0 Å². The number of amides is 1. The summed E-state index contributed by atoms with van der Waals surface area (Å²) < 4.78 is 5.35. The van der Waals surface area contributed by atoms with Gasteiger partial charge in [0.1, 0.15) is 6.79 Å². The lowest BCUT2D eigenvalue weighted by Crippen LogP contribution is -2.40. The first kappa shape index (κ1) is 11.8. The Labute approximate surface area is 100 Å². The lowest BCUT2D eigenvalue weighted by molar-refractivity contribution is -0.0980. The molecule has 1 fully saturated rings. The summed E-state index contributed by atoms with van der Waals surface area (Å²) in [5.74, 6) is 0.154. The Morgan fingerprint density at radius 1 is 1.35 bits per heavy atom. The molecule has 0 saturated carbocycles. The number of nitrogens with zero attached hydrogens (tertiary/aromatic N) is 1. The summed E-state index contributed by atoms with van der Waals surface area (Å²) in [7, 11) is 0. The number of hydrogen-bond donors (Lipinski definition) is 0. The number of rotatable bonds is 2. The summed E-state index contributed by atoms with van der Waals surface area (Å²) in [6.07, 6.45) is 1.35. The van der Waals surface area contributed by atoms with Crippen LogP contribution in [0.4, 0.5) is 0 Å². The molecule has 2 aliphatic rings. The molecule has 0 spiro atoms. The quantitative estimate of drug-likeness (QED) is 0.772. The van der Waals surface area contributed by atoms with Gasteiger partial charge in [0.25, 0.3) is 5.91 Å². The monoisotopic (exact) mass is 233 g/mol. The third kappa shape index (κ3) is 2.22. The largest absolute Gasteiger partial charge is 0.376 e. The molecule has 1 aromatic carbocycles. The average molecular weight is 233 g/mol. The molecule has 1 saturated heterocycles. The third-order valence-electron chi connectivity index (χ3n) is 3.11. The SMILES string of the molecule is C=O.O=C1c2ccccc2CN1CC1CCO1. The van der Waals surface area contributed by atoms with Crippen molar-refractivity contribution >= 4 is 12.7 Å².